The summed E-state index contributed by atoms with van der Waals surface area (Å²) in [5.41, 5.74) is 8.23. The van der Waals surface area contributed by atoms with Crippen LogP contribution in [0.3, 0.4) is 0 Å². The zero-order valence-corrected chi connectivity index (χ0v) is 9.96. The zero-order chi connectivity index (χ0) is 11.3. The Balaban J connectivity index is 2.49. The van der Waals surface area contributed by atoms with E-state index in [4.69, 9.17) is 5.73 Å². The van der Waals surface area contributed by atoms with Crippen LogP contribution >= 0.6 is 0 Å². The highest BCUT2D eigenvalue weighted by Gasteiger charge is 1.98. The highest BCUT2D eigenvalue weighted by atomic mass is 14.9. The predicted octanol–water partition coefficient (Wildman–Crippen LogP) is 2.64. The molecule has 2 nitrogen and oxygen atoms in total. The maximum Gasteiger partial charge on any atom is 0.0340 e. The molecule has 0 aliphatic rings. The van der Waals surface area contributed by atoms with Gasteiger partial charge in [0, 0.05) is 18.3 Å². The van der Waals surface area contributed by atoms with E-state index in [1.54, 1.807) is 0 Å². The van der Waals surface area contributed by atoms with Gasteiger partial charge in [-0.05, 0) is 37.0 Å². The highest BCUT2D eigenvalue weighted by Crippen LogP contribution is 2.12. The molecule has 1 atom stereocenters. The maximum atomic E-state index is 5.67. The van der Waals surface area contributed by atoms with Crippen LogP contribution in [0.25, 0.3) is 0 Å². The van der Waals surface area contributed by atoms with E-state index < -0.39 is 0 Å². The molecule has 2 heteroatoms. The van der Waals surface area contributed by atoms with Crippen molar-refractivity contribution < 1.29 is 0 Å². The van der Waals surface area contributed by atoms with Crippen LogP contribution in [0, 0.1) is 5.92 Å². The van der Waals surface area contributed by atoms with Gasteiger partial charge in [-0.1, -0.05) is 26.0 Å². The van der Waals surface area contributed by atoms with Crippen LogP contribution in [0.2, 0.25) is 0 Å². The molecule has 1 aromatic rings. The topological polar surface area (TPSA) is 38.0 Å². The van der Waals surface area contributed by atoms with Crippen molar-refractivity contribution in [1.82, 2.24) is 0 Å². The molecule has 1 unspecified atom stereocenters. The number of rotatable bonds is 5. The Labute approximate surface area is 92.9 Å². The molecule has 84 valence electrons. The zero-order valence-electron chi connectivity index (χ0n) is 9.96. The van der Waals surface area contributed by atoms with Gasteiger partial charge in [0.05, 0.1) is 0 Å². The third kappa shape index (κ3) is 4.84. The predicted molar refractivity (Wildman–Crippen MR) is 67.1 cm³/mol. The average molecular weight is 206 g/mol. The van der Waals surface area contributed by atoms with Gasteiger partial charge >= 0.3 is 0 Å². The van der Waals surface area contributed by atoms with Crippen LogP contribution in [-0.4, -0.2) is 12.6 Å². The number of anilines is 1. The van der Waals surface area contributed by atoms with E-state index in [0.29, 0.717) is 5.92 Å². The van der Waals surface area contributed by atoms with Crippen LogP contribution in [0.15, 0.2) is 24.3 Å². The van der Waals surface area contributed by atoms with Crippen molar-refractivity contribution in [3.63, 3.8) is 0 Å². The lowest BCUT2D eigenvalue weighted by Gasteiger charge is -2.10. The lowest BCUT2D eigenvalue weighted by Crippen LogP contribution is -2.25. The average Bonchev–Trinajstić information content (AvgIpc) is 2.16. The van der Waals surface area contributed by atoms with Crippen molar-refractivity contribution in [2.45, 2.75) is 33.2 Å². The number of nitrogens with one attached hydrogen (secondary N) is 1. The second kappa shape index (κ2) is 5.76. The molecule has 1 rings (SSSR count). The summed E-state index contributed by atoms with van der Waals surface area (Å²) in [7, 11) is 0. The van der Waals surface area contributed by atoms with Gasteiger partial charge in [0.2, 0.25) is 0 Å². The minimum atomic E-state index is 0.195. The van der Waals surface area contributed by atoms with Crippen LogP contribution in [-0.2, 0) is 6.42 Å². The van der Waals surface area contributed by atoms with E-state index in [0.717, 1.165) is 18.7 Å². The lowest BCUT2D eigenvalue weighted by molar-refractivity contribution is 0.647. The van der Waals surface area contributed by atoms with Gasteiger partial charge in [-0.15, -0.1) is 0 Å². The first-order chi connectivity index (χ1) is 7.08. The fourth-order valence-electron chi connectivity index (χ4n) is 1.51. The molecule has 0 aliphatic heterocycles. The first-order valence-electron chi connectivity index (χ1n) is 5.66. The first kappa shape index (κ1) is 12.1. The summed E-state index contributed by atoms with van der Waals surface area (Å²) in [6, 6.07) is 8.81. The fraction of sp³-hybridized carbons (Fsp3) is 0.538. The van der Waals surface area contributed by atoms with Crippen LogP contribution < -0.4 is 11.1 Å². The molecule has 0 saturated carbocycles. The summed E-state index contributed by atoms with van der Waals surface area (Å²) in [4.78, 5) is 0. The summed E-state index contributed by atoms with van der Waals surface area (Å²) in [5.74, 6) is 0.716. The Morgan fingerprint density at radius 2 is 1.73 bits per heavy atom. The number of nitrogens with two attached hydrogens (primary N) is 1. The summed E-state index contributed by atoms with van der Waals surface area (Å²) in [5, 5.41) is 3.30. The Morgan fingerprint density at radius 3 is 2.20 bits per heavy atom. The molecule has 0 aliphatic carbocycles. The van der Waals surface area contributed by atoms with Gasteiger partial charge in [-0.3, -0.25) is 0 Å². The Morgan fingerprint density at radius 1 is 1.13 bits per heavy atom. The number of hydrogen-bond acceptors (Lipinski definition) is 2. The molecule has 1 aromatic carbocycles. The summed E-state index contributed by atoms with van der Waals surface area (Å²) >= 11 is 0. The Kier molecular flexibility index (Phi) is 4.63. The highest BCUT2D eigenvalue weighted by molar-refractivity contribution is 5.44. The van der Waals surface area contributed by atoms with Crippen molar-refractivity contribution in [3.8, 4) is 0 Å². The van der Waals surface area contributed by atoms with E-state index >= 15 is 0 Å². The molecule has 0 spiro atoms. The summed E-state index contributed by atoms with van der Waals surface area (Å²) < 4.78 is 0. The van der Waals surface area contributed by atoms with E-state index in [9.17, 15) is 0 Å². The Hall–Kier alpha value is -1.02. The first-order valence-corrected chi connectivity index (χ1v) is 5.66. The SMILES string of the molecule is CC(C)Cc1ccc(NCC(C)N)cc1. The molecular formula is C13H22N2. The van der Waals surface area contributed by atoms with E-state index in [2.05, 4.69) is 43.4 Å². The van der Waals surface area contributed by atoms with E-state index in [1.165, 1.54) is 5.56 Å². The molecule has 0 radical (unpaired) electrons. The monoisotopic (exact) mass is 206 g/mol. The largest absolute Gasteiger partial charge is 0.383 e. The molecule has 15 heavy (non-hydrogen) atoms. The van der Waals surface area contributed by atoms with Gasteiger partial charge in [-0.25, -0.2) is 0 Å². The van der Waals surface area contributed by atoms with Crippen LogP contribution in [0.4, 0.5) is 5.69 Å². The minimum Gasteiger partial charge on any atom is -0.383 e. The van der Waals surface area contributed by atoms with Crippen LogP contribution in [0.5, 0.6) is 0 Å². The normalized spacial score (nSPS) is 12.9. The fourth-order valence-corrected chi connectivity index (χ4v) is 1.51. The number of hydrogen-bond donors (Lipinski definition) is 2. The number of benzene rings is 1. The Bertz CT molecular complexity index is 275. The minimum absolute atomic E-state index is 0.195. The molecule has 3 N–H and O–H groups in total. The molecule has 0 amide bonds. The van der Waals surface area contributed by atoms with Gasteiger partial charge in [0.1, 0.15) is 0 Å². The second-order valence-corrected chi connectivity index (χ2v) is 4.65. The third-order valence-corrected chi connectivity index (χ3v) is 2.23. The van der Waals surface area contributed by atoms with Crippen molar-refractivity contribution in [3.05, 3.63) is 29.8 Å². The van der Waals surface area contributed by atoms with Crippen LogP contribution in [0.1, 0.15) is 26.3 Å². The molecule has 0 heterocycles. The van der Waals surface area contributed by atoms with Crippen molar-refractivity contribution in [2.24, 2.45) is 11.7 Å². The summed E-state index contributed by atoms with van der Waals surface area (Å²) in [6.45, 7) is 7.30. The maximum absolute atomic E-state index is 5.67. The third-order valence-electron chi connectivity index (χ3n) is 2.23. The van der Waals surface area contributed by atoms with Gasteiger partial charge in [0.15, 0.2) is 0 Å². The smallest absolute Gasteiger partial charge is 0.0340 e. The van der Waals surface area contributed by atoms with E-state index in [-0.39, 0.29) is 6.04 Å². The second-order valence-electron chi connectivity index (χ2n) is 4.65. The van der Waals surface area contributed by atoms with Crippen molar-refractivity contribution >= 4 is 5.69 Å². The van der Waals surface area contributed by atoms with Gasteiger partial charge < -0.3 is 11.1 Å². The van der Waals surface area contributed by atoms with Gasteiger partial charge in [-0.2, -0.15) is 0 Å². The molecule has 0 aromatic heterocycles. The quantitative estimate of drug-likeness (QED) is 0.777. The van der Waals surface area contributed by atoms with E-state index in [1.807, 2.05) is 6.92 Å². The van der Waals surface area contributed by atoms with Crippen molar-refractivity contribution in [1.29, 1.82) is 0 Å². The molecule has 0 saturated heterocycles. The van der Waals surface area contributed by atoms with Crippen molar-refractivity contribution in [2.75, 3.05) is 11.9 Å². The summed E-state index contributed by atoms with van der Waals surface area (Å²) in [6.07, 6.45) is 1.15. The lowest BCUT2D eigenvalue weighted by atomic mass is 10.0. The molecular weight excluding hydrogens is 184 g/mol. The standard InChI is InChI=1S/C13H22N2/c1-10(2)8-12-4-6-13(7-5-12)15-9-11(3)14/h4-7,10-11,15H,8-9,14H2,1-3H3. The van der Waals surface area contributed by atoms with Gasteiger partial charge in [0.25, 0.3) is 0 Å². The molecule has 0 bridgehead atoms. The molecule has 0 fully saturated rings.